The van der Waals surface area contributed by atoms with E-state index in [9.17, 15) is 14.3 Å². The molecule has 0 aromatic heterocycles. The van der Waals surface area contributed by atoms with Crippen LogP contribution in [0.1, 0.15) is 168 Å². The molecule has 0 saturated heterocycles. The van der Waals surface area contributed by atoms with Crippen molar-refractivity contribution in [3.05, 3.63) is 0 Å². The van der Waals surface area contributed by atoms with Crippen LogP contribution in [0.4, 0.5) is 0 Å². The Bertz CT molecular complexity index is 701. The molecule has 0 aliphatic carbocycles. The zero-order valence-corrected chi connectivity index (χ0v) is 31.2. The quantitative estimate of drug-likeness (QED) is 0.0288. The van der Waals surface area contributed by atoms with Crippen LogP contribution in [0.5, 0.6) is 0 Å². The first-order chi connectivity index (χ1) is 21.6. The molecule has 0 amide bonds. The van der Waals surface area contributed by atoms with Gasteiger partial charge < -0.3 is 27.9 Å². The number of quaternary nitrogens is 1. The van der Waals surface area contributed by atoms with Gasteiger partial charge in [-0.2, -0.15) is 0 Å². The van der Waals surface area contributed by atoms with Gasteiger partial charge in [-0.25, -0.2) is 0 Å². The Labute approximate surface area is 278 Å². The Hall–Kier alpha value is -0.500. The molecule has 0 fully saturated rings. The molecule has 270 valence electrons. The van der Waals surface area contributed by atoms with Crippen LogP contribution in [-0.4, -0.2) is 70.7 Å². The maximum Gasteiger partial charge on any atom is 0.306 e. The first kappa shape index (κ1) is 44.5. The number of likely N-dealkylation sites (N-methyl/N-ethyl adjacent to an activating group) is 1. The Morgan fingerprint density at radius 3 is 1.47 bits per heavy atom. The van der Waals surface area contributed by atoms with Gasteiger partial charge in [-0.15, -0.1) is 0 Å². The van der Waals surface area contributed by atoms with Crippen molar-refractivity contribution in [2.24, 2.45) is 0 Å². The van der Waals surface area contributed by atoms with Crippen molar-refractivity contribution in [3.8, 4) is 0 Å². The largest absolute Gasteiger partial charge is 0.756 e. The minimum Gasteiger partial charge on any atom is -0.756 e. The van der Waals surface area contributed by atoms with Gasteiger partial charge in [0.25, 0.3) is 7.82 Å². The molecule has 45 heavy (non-hydrogen) atoms. The second kappa shape index (κ2) is 30.8. The predicted molar refractivity (Wildman–Crippen MR) is 185 cm³/mol. The van der Waals surface area contributed by atoms with E-state index in [1.807, 2.05) is 21.1 Å². The molecule has 0 saturated carbocycles. The van der Waals surface area contributed by atoms with Gasteiger partial charge in [0.1, 0.15) is 19.3 Å². The molecule has 0 N–H and O–H groups in total. The van der Waals surface area contributed by atoms with Gasteiger partial charge in [-0.05, 0) is 12.8 Å². The standard InChI is InChI=1S/C36H74NO7P/c1-6-8-10-12-14-16-18-19-21-23-25-27-29-36(38)44-35(34-43-45(39,40)42-32-30-37(3,4)5)33-41-31-28-26-24-22-20-17-15-13-11-9-7-2/h35H,6-34H2,1-5H3. The molecule has 0 aromatic rings. The summed E-state index contributed by atoms with van der Waals surface area (Å²) in [5, 5.41) is 0. The molecule has 9 heteroatoms. The normalized spacial score (nSPS) is 14.0. The van der Waals surface area contributed by atoms with Crippen LogP contribution >= 0.6 is 7.82 Å². The average Bonchev–Trinajstić information content (AvgIpc) is 2.98. The lowest BCUT2D eigenvalue weighted by Gasteiger charge is -2.28. The lowest BCUT2D eigenvalue weighted by molar-refractivity contribution is -0.870. The van der Waals surface area contributed by atoms with Crippen molar-refractivity contribution in [3.63, 3.8) is 0 Å². The third-order valence-electron chi connectivity index (χ3n) is 8.16. The zero-order chi connectivity index (χ0) is 33.5. The van der Waals surface area contributed by atoms with Gasteiger partial charge in [0.15, 0.2) is 0 Å². The van der Waals surface area contributed by atoms with Gasteiger partial charge in [-0.3, -0.25) is 9.36 Å². The summed E-state index contributed by atoms with van der Waals surface area (Å²) in [7, 11) is 1.37. The monoisotopic (exact) mass is 664 g/mol. The molecule has 0 spiro atoms. The molecular weight excluding hydrogens is 589 g/mol. The number of nitrogens with zero attached hydrogens (tertiary/aromatic N) is 1. The maximum absolute atomic E-state index is 12.6. The summed E-state index contributed by atoms with van der Waals surface area (Å²) in [6, 6.07) is 0. The molecule has 8 nitrogen and oxygen atoms in total. The highest BCUT2D eigenvalue weighted by Crippen LogP contribution is 2.38. The van der Waals surface area contributed by atoms with Crippen LogP contribution in [0.2, 0.25) is 0 Å². The number of hydrogen-bond donors (Lipinski definition) is 0. The van der Waals surface area contributed by atoms with E-state index in [1.165, 1.54) is 116 Å². The lowest BCUT2D eigenvalue weighted by Crippen LogP contribution is -2.37. The molecule has 0 radical (unpaired) electrons. The summed E-state index contributed by atoms with van der Waals surface area (Å²) in [6.07, 6.45) is 28.1. The highest BCUT2D eigenvalue weighted by molar-refractivity contribution is 7.45. The molecule has 2 unspecified atom stereocenters. The Kier molecular flexibility index (Phi) is 30.5. The van der Waals surface area contributed by atoms with E-state index in [4.69, 9.17) is 18.5 Å². The number of phosphoric ester groups is 1. The van der Waals surface area contributed by atoms with Crippen molar-refractivity contribution < 1.29 is 37.3 Å². The van der Waals surface area contributed by atoms with Crippen LogP contribution in [0.15, 0.2) is 0 Å². The number of carbonyl (C=O) groups excluding carboxylic acids is 1. The van der Waals surface area contributed by atoms with E-state index in [-0.39, 0.29) is 25.8 Å². The number of rotatable bonds is 35. The second-order valence-electron chi connectivity index (χ2n) is 14.0. The Morgan fingerprint density at radius 1 is 0.600 bits per heavy atom. The van der Waals surface area contributed by atoms with Crippen LogP contribution in [0.25, 0.3) is 0 Å². The second-order valence-corrected chi connectivity index (χ2v) is 15.4. The fourth-order valence-electron chi connectivity index (χ4n) is 5.19. The van der Waals surface area contributed by atoms with Crippen LogP contribution in [0.3, 0.4) is 0 Å². The fourth-order valence-corrected chi connectivity index (χ4v) is 5.92. The minimum absolute atomic E-state index is 0.0308. The van der Waals surface area contributed by atoms with Gasteiger partial charge in [0.05, 0.1) is 34.4 Å². The van der Waals surface area contributed by atoms with Crippen molar-refractivity contribution in [2.45, 2.75) is 174 Å². The van der Waals surface area contributed by atoms with Gasteiger partial charge >= 0.3 is 5.97 Å². The molecule has 0 heterocycles. The molecule has 0 aliphatic rings. The van der Waals surface area contributed by atoms with E-state index in [0.717, 1.165) is 32.1 Å². The first-order valence-corrected chi connectivity index (χ1v) is 20.2. The summed E-state index contributed by atoms with van der Waals surface area (Å²) >= 11 is 0. The number of esters is 1. The first-order valence-electron chi connectivity index (χ1n) is 18.8. The number of carbonyl (C=O) groups is 1. The highest BCUT2D eigenvalue weighted by Gasteiger charge is 2.20. The van der Waals surface area contributed by atoms with E-state index < -0.39 is 13.9 Å². The topological polar surface area (TPSA) is 94.1 Å². The number of phosphoric acid groups is 1. The molecular formula is C36H74NO7P. The Balaban J connectivity index is 4.29. The summed E-state index contributed by atoms with van der Waals surface area (Å²) in [5.41, 5.74) is 0. The van der Waals surface area contributed by atoms with E-state index in [0.29, 0.717) is 24.1 Å². The number of ether oxygens (including phenoxy) is 2. The smallest absolute Gasteiger partial charge is 0.306 e. The number of hydrogen-bond acceptors (Lipinski definition) is 7. The average molecular weight is 664 g/mol. The fraction of sp³-hybridized carbons (Fsp3) is 0.972. The highest BCUT2D eigenvalue weighted by atomic mass is 31.2. The zero-order valence-electron chi connectivity index (χ0n) is 30.3. The summed E-state index contributed by atoms with van der Waals surface area (Å²) in [4.78, 5) is 24.9. The van der Waals surface area contributed by atoms with Gasteiger partial charge in [0.2, 0.25) is 0 Å². The SMILES string of the molecule is CCCCCCCCCCCCCCC(=O)OC(COCCCCCCCCCCCCC)COP(=O)([O-])OCC[N+](C)(C)C. The Morgan fingerprint density at radius 2 is 1.02 bits per heavy atom. The van der Waals surface area contributed by atoms with Crippen molar-refractivity contribution in [1.82, 2.24) is 0 Å². The molecule has 0 rings (SSSR count). The summed E-state index contributed by atoms with van der Waals surface area (Å²) in [6.45, 7) is 5.42. The molecule has 2 atom stereocenters. The van der Waals surface area contributed by atoms with Crippen LogP contribution in [-0.2, 0) is 27.9 Å². The minimum atomic E-state index is -4.50. The molecule has 0 aliphatic heterocycles. The molecule has 0 bridgehead atoms. The van der Waals surface area contributed by atoms with Crippen molar-refractivity contribution in [1.29, 1.82) is 0 Å². The maximum atomic E-state index is 12.6. The summed E-state index contributed by atoms with van der Waals surface area (Å²) < 4.78 is 34.4. The van der Waals surface area contributed by atoms with Crippen LogP contribution in [0, 0.1) is 0 Å². The van der Waals surface area contributed by atoms with Gasteiger partial charge in [-0.1, -0.05) is 149 Å². The lowest BCUT2D eigenvalue weighted by atomic mass is 10.0. The third-order valence-corrected chi connectivity index (χ3v) is 9.12. The van der Waals surface area contributed by atoms with E-state index in [2.05, 4.69) is 13.8 Å². The van der Waals surface area contributed by atoms with Crippen molar-refractivity contribution >= 4 is 13.8 Å². The van der Waals surface area contributed by atoms with Gasteiger partial charge in [0, 0.05) is 13.0 Å². The van der Waals surface area contributed by atoms with Crippen molar-refractivity contribution in [2.75, 3.05) is 54.1 Å². The van der Waals surface area contributed by atoms with Crippen LogP contribution < -0.4 is 4.89 Å². The molecule has 0 aromatic carbocycles. The van der Waals surface area contributed by atoms with E-state index >= 15 is 0 Å². The number of unbranched alkanes of at least 4 members (excludes halogenated alkanes) is 21. The predicted octanol–water partition coefficient (Wildman–Crippen LogP) is 9.52. The third kappa shape index (κ3) is 34.6. The van der Waals surface area contributed by atoms with E-state index in [1.54, 1.807) is 0 Å². The summed E-state index contributed by atoms with van der Waals surface area (Å²) in [5.74, 6) is -0.333.